The Kier molecular flexibility index (Phi) is 2.75. The molecule has 20 heavy (non-hydrogen) atoms. The van der Waals surface area contributed by atoms with Gasteiger partial charge in [-0.15, -0.1) is 0 Å². The lowest BCUT2D eigenvalue weighted by Gasteiger charge is -2.02. The molecule has 0 aliphatic carbocycles. The molecule has 0 aliphatic rings. The number of benzene rings is 1. The zero-order valence-corrected chi connectivity index (χ0v) is 10.7. The number of halogens is 1. The zero-order valence-electron chi connectivity index (χ0n) is 10.7. The molecule has 0 radical (unpaired) electrons. The molecule has 0 saturated carbocycles. The Morgan fingerprint density at radius 1 is 1.25 bits per heavy atom. The van der Waals surface area contributed by atoms with Crippen molar-refractivity contribution in [1.29, 1.82) is 0 Å². The highest BCUT2D eigenvalue weighted by Crippen LogP contribution is 2.25. The van der Waals surface area contributed by atoms with Crippen molar-refractivity contribution in [2.75, 3.05) is 0 Å². The molecular weight excluding hydrogens is 259 g/mol. The van der Waals surface area contributed by atoms with Gasteiger partial charge in [-0.05, 0) is 42.8 Å². The fourth-order valence-corrected chi connectivity index (χ4v) is 2.26. The van der Waals surface area contributed by atoms with Gasteiger partial charge in [-0.25, -0.2) is 14.2 Å². The van der Waals surface area contributed by atoms with E-state index < -0.39 is 5.97 Å². The van der Waals surface area contributed by atoms with Gasteiger partial charge >= 0.3 is 5.97 Å². The molecule has 0 bridgehead atoms. The first-order valence-corrected chi connectivity index (χ1v) is 6.05. The van der Waals surface area contributed by atoms with Crippen LogP contribution in [0.2, 0.25) is 0 Å². The molecule has 3 rings (SSSR count). The Labute approximate surface area is 114 Å². The van der Waals surface area contributed by atoms with Crippen LogP contribution in [-0.4, -0.2) is 20.5 Å². The fourth-order valence-electron chi connectivity index (χ4n) is 2.26. The molecule has 2 aromatic heterocycles. The number of carbonyl (C=O) groups is 1. The number of rotatable bonds is 2. The first kappa shape index (κ1) is 12.3. The van der Waals surface area contributed by atoms with Crippen molar-refractivity contribution in [3.8, 4) is 11.4 Å². The van der Waals surface area contributed by atoms with Crippen LogP contribution in [0.5, 0.6) is 0 Å². The van der Waals surface area contributed by atoms with Gasteiger partial charge in [-0.3, -0.25) is 4.40 Å². The molecule has 0 fully saturated rings. The molecule has 0 spiro atoms. The van der Waals surface area contributed by atoms with E-state index in [1.807, 2.05) is 19.1 Å². The number of fused-ring (bicyclic) bond motifs is 1. The van der Waals surface area contributed by atoms with Crippen molar-refractivity contribution in [1.82, 2.24) is 9.38 Å². The molecule has 3 aromatic rings. The van der Waals surface area contributed by atoms with Gasteiger partial charge in [-0.2, -0.15) is 0 Å². The van der Waals surface area contributed by atoms with E-state index in [0.717, 1.165) is 5.56 Å². The van der Waals surface area contributed by atoms with Crippen LogP contribution in [0.1, 0.15) is 16.1 Å². The quantitative estimate of drug-likeness (QED) is 0.778. The SMILES string of the molecule is Cc1cccn2c(-c3ccc(F)cc3)nc(C(=O)O)c12. The highest BCUT2D eigenvalue weighted by atomic mass is 19.1. The van der Waals surface area contributed by atoms with E-state index in [4.69, 9.17) is 0 Å². The first-order chi connectivity index (χ1) is 9.58. The predicted octanol–water partition coefficient (Wildman–Crippen LogP) is 3.15. The number of aromatic nitrogens is 2. The number of imidazole rings is 1. The van der Waals surface area contributed by atoms with Gasteiger partial charge in [-0.1, -0.05) is 6.07 Å². The molecular formula is C15H11FN2O2. The second kappa shape index (κ2) is 4.45. The summed E-state index contributed by atoms with van der Waals surface area (Å²) >= 11 is 0. The van der Waals surface area contributed by atoms with Crippen molar-refractivity contribution in [3.63, 3.8) is 0 Å². The van der Waals surface area contributed by atoms with Gasteiger partial charge in [0.25, 0.3) is 0 Å². The topological polar surface area (TPSA) is 54.6 Å². The van der Waals surface area contributed by atoms with Gasteiger partial charge < -0.3 is 5.11 Å². The summed E-state index contributed by atoms with van der Waals surface area (Å²) in [4.78, 5) is 15.5. The fraction of sp³-hybridized carbons (Fsp3) is 0.0667. The molecule has 5 heteroatoms. The summed E-state index contributed by atoms with van der Waals surface area (Å²) < 4.78 is 14.7. The monoisotopic (exact) mass is 270 g/mol. The second-order valence-corrected chi connectivity index (χ2v) is 4.51. The molecule has 1 aromatic carbocycles. The molecule has 1 N–H and O–H groups in total. The highest BCUT2D eigenvalue weighted by Gasteiger charge is 2.18. The average Bonchev–Trinajstić information content (AvgIpc) is 2.81. The summed E-state index contributed by atoms with van der Waals surface area (Å²) in [6.07, 6.45) is 1.75. The van der Waals surface area contributed by atoms with Crippen LogP contribution in [0, 0.1) is 12.7 Å². The lowest BCUT2D eigenvalue weighted by molar-refractivity contribution is 0.0693. The maximum Gasteiger partial charge on any atom is 0.356 e. The number of pyridine rings is 1. The third-order valence-electron chi connectivity index (χ3n) is 3.17. The number of nitrogens with zero attached hydrogens (tertiary/aromatic N) is 2. The standard InChI is InChI=1S/C15H11FN2O2/c1-9-3-2-8-18-13(9)12(15(19)20)17-14(18)10-4-6-11(16)7-5-10/h2-8H,1H3,(H,19,20). The van der Waals surface area contributed by atoms with Gasteiger partial charge in [0.05, 0.1) is 5.52 Å². The molecule has 2 heterocycles. The molecule has 0 saturated heterocycles. The Hall–Kier alpha value is -2.69. The third-order valence-corrected chi connectivity index (χ3v) is 3.17. The number of carboxylic acid groups (broad SMARTS) is 1. The first-order valence-electron chi connectivity index (χ1n) is 6.05. The van der Waals surface area contributed by atoms with E-state index in [0.29, 0.717) is 16.9 Å². The highest BCUT2D eigenvalue weighted by molar-refractivity contribution is 5.96. The van der Waals surface area contributed by atoms with Crippen LogP contribution in [-0.2, 0) is 0 Å². The van der Waals surface area contributed by atoms with E-state index in [-0.39, 0.29) is 11.5 Å². The number of aromatic carboxylic acids is 1. The maximum atomic E-state index is 13.0. The van der Waals surface area contributed by atoms with Gasteiger partial charge in [0.1, 0.15) is 11.6 Å². The minimum absolute atomic E-state index is 0.00225. The summed E-state index contributed by atoms with van der Waals surface area (Å²) in [5, 5.41) is 9.28. The maximum absolute atomic E-state index is 13.0. The largest absolute Gasteiger partial charge is 0.476 e. The zero-order chi connectivity index (χ0) is 14.3. The molecule has 0 atom stereocenters. The average molecular weight is 270 g/mol. The Bertz CT molecular complexity index is 807. The van der Waals surface area contributed by atoms with Crippen molar-refractivity contribution >= 4 is 11.5 Å². The van der Waals surface area contributed by atoms with Crippen LogP contribution in [0.3, 0.4) is 0 Å². The molecule has 4 nitrogen and oxygen atoms in total. The number of hydrogen-bond acceptors (Lipinski definition) is 2. The summed E-state index contributed by atoms with van der Waals surface area (Å²) in [5.41, 5.74) is 2.05. The number of hydrogen-bond donors (Lipinski definition) is 1. The molecule has 100 valence electrons. The van der Waals surface area contributed by atoms with Crippen molar-refractivity contribution in [3.05, 3.63) is 59.7 Å². The normalized spacial score (nSPS) is 10.9. The minimum atomic E-state index is -1.08. The lowest BCUT2D eigenvalue weighted by atomic mass is 10.2. The van der Waals surface area contributed by atoms with Crippen molar-refractivity contribution in [2.45, 2.75) is 6.92 Å². The molecule has 0 amide bonds. The van der Waals surface area contributed by atoms with Crippen LogP contribution in [0.25, 0.3) is 16.9 Å². The minimum Gasteiger partial charge on any atom is -0.476 e. The molecule has 0 aliphatic heterocycles. The predicted molar refractivity (Wildman–Crippen MR) is 72.3 cm³/mol. The van der Waals surface area contributed by atoms with E-state index in [1.165, 1.54) is 12.1 Å². The smallest absolute Gasteiger partial charge is 0.356 e. The van der Waals surface area contributed by atoms with Gasteiger partial charge in [0.15, 0.2) is 5.69 Å². The number of aryl methyl sites for hydroxylation is 1. The summed E-state index contributed by atoms with van der Waals surface area (Å²) in [7, 11) is 0. The second-order valence-electron chi connectivity index (χ2n) is 4.51. The lowest BCUT2D eigenvalue weighted by Crippen LogP contribution is -1.98. The van der Waals surface area contributed by atoms with Crippen molar-refractivity contribution in [2.24, 2.45) is 0 Å². The van der Waals surface area contributed by atoms with E-state index in [9.17, 15) is 14.3 Å². The van der Waals surface area contributed by atoms with Crippen LogP contribution >= 0.6 is 0 Å². The van der Waals surface area contributed by atoms with Crippen molar-refractivity contribution < 1.29 is 14.3 Å². The van der Waals surface area contributed by atoms with Gasteiger partial charge in [0, 0.05) is 11.8 Å². The van der Waals surface area contributed by atoms with E-state index in [1.54, 1.807) is 22.7 Å². The van der Waals surface area contributed by atoms with Crippen LogP contribution in [0.15, 0.2) is 42.6 Å². The number of carboxylic acids is 1. The van der Waals surface area contributed by atoms with Crippen LogP contribution in [0.4, 0.5) is 4.39 Å². The summed E-state index contributed by atoms with van der Waals surface area (Å²) in [6.45, 7) is 1.83. The van der Waals surface area contributed by atoms with Gasteiger partial charge in [0.2, 0.25) is 0 Å². The Morgan fingerprint density at radius 2 is 1.95 bits per heavy atom. The summed E-state index contributed by atoms with van der Waals surface area (Å²) in [5.74, 6) is -0.935. The van der Waals surface area contributed by atoms with Crippen LogP contribution < -0.4 is 0 Å². The van der Waals surface area contributed by atoms with E-state index in [2.05, 4.69) is 4.98 Å². The summed E-state index contributed by atoms with van der Waals surface area (Å²) in [6, 6.07) is 9.47. The third kappa shape index (κ3) is 1.84. The van der Waals surface area contributed by atoms with E-state index >= 15 is 0 Å². The Balaban J connectivity index is 2.34. The Morgan fingerprint density at radius 3 is 2.60 bits per heavy atom. The molecule has 0 unspecified atom stereocenters.